The summed E-state index contributed by atoms with van der Waals surface area (Å²) in [5.41, 5.74) is 0.473. The molecule has 108 valence electrons. The molecule has 6 nitrogen and oxygen atoms in total. The number of hydrogen-bond donors (Lipinski definition) is 3. The summed E-state index contributed by atoms with van der Waals surface area (Å²) in [4.78, 5) is 0.0449. The molecule has 1 fully saturated rings. The molecule has 0 aromatic heterocycles. The van der Waals surface area contributed by atoms with Crippen LogP contribution in [0.3, 0.4) is 0 Å². The molecule has 2 atom stereocenters. The lowest BCUT2D eigenvalue weighted by Gasteiger charge is -2.15. The van der Waals surface area contributed by atoms with Crippen LogP contribution in [0.4, 0.5) is 0 Å². The van der Waals surface area contributed by atoms with Crippen molar-refractivity contribution in [1.29, 1.82) is 0 Å². The van der Waals surface area contributed by atoms with Crippen molar-refractivity contribution in [2.75, 3.05) is 19.7 Å². The van der Waals surface area contributed by atoms with Crippen LogP contribution in [0, 0.1) is 11.8 Å². The van der Waals surface area contributed by atoms with Gasteiger partial charge in [-0.25, -0.2) is 8.42 Å². The van der Waals surface area contributed by atoms with Crippen molar-refractivity contribution >= 4 is 10.0 Å². The second kappa shape index (κ2) is 5.91. The summed E-state index contributed by atoms with van der Waals surface area (Å²) < 4.78 is 25.8. The number of aliphatic hydroxyl groups excluding tert-OH is 3. The summed E-state index contributed by atoms with van der Waals surface area (Å²) in [7, 11) is -3.77. The van der Waals surface area contributed by atoms with Crippen molar-refractivity contribution < 1.29 is 23.7 Å². The highest BCUT2D eigenvalue weighted by atomic mass is 32.2. The number of sulfonamides is 1. The highest BCUT2D eigenvalue weighted by Gasteiger charge is 2.37. The lowest BCUT2D eigenvalue weighted by Crippen LogP contribution is -2.30. The third kappa shape index (κ3) is 3.00. The topological polar surface area (TPSA) is 98.1 Å². The Morgan fingerprint density at radius 3 is 2.50 bits per heavy atom. The number of benzene rings is 1. The fourth-order valence-electron chi connectivity index (χ4n) is 1.96. The maximum atomic E-state index is 12.4. The summed E-state index contributed by atoms with van der Waals surface area (Å²) in [5, 5.41) is 27.5. The van der Waals surface area contributed by atoms with E-state index in [-0.39, 0.29) is 24.6 Å². The molecule has 0 bridgehead atoms. The zero-order valence-corrected chi connectivity index (χ0v) is 11.4. The molecule has 0 spiro atoms. The van der Waals surface area contributed by atoms with Crippen LogP contribution in [0.1, 0.15) is 5.56 Å². The van der Waals surface area contributed by atoms with Crippen molar-refractivity contribution in [1.82, 2.24) is 4.31 Å². The molecule has 1 aromatic rings. The van der Waals surface area contributed by atoms with Gasteiger partial charge in [0.1, 0.15) is 6.61 Å². The van der Waals surface area contributed by atoms with Crippen LogP contribution < -0.4 is 0 Å². The van der Waals surface area contributed by atoms with Crippen LogP contribution in [-0.2, 0) is 10.0 Å². The molecule has 0 radical (unpaired) electrons. The van der Waals surface area contributed by atoms with Gasteiger partial charge in [-0.3, -0.25) is 0 Å². The van der Waals surface area contributed by atoms with Crippen LogP contribution in [0.2, 0.25) is 0 Å². The van der Waals surface area contributed by atoms with E-state index in [9.17, 15) is 18.6 Å². The Bertz CT molecular complexity index is 636. The minimum absolute atomic E-state index is 0.0449. The third-order valence-electron chi connectivity index (χ3n) is 3.01. The van der Waals surface area contributed by atoms with Crippen molar-refractivity contribution in [2.24, 2.45) is 0 Å². The van der Waals surface area contributed by atoms with E-state index in [4.69, 9.17) is 5.11 Å². The molecule has 1 aliphatic heterocycles. The average molecular weight is 297 g/mol. The summed E-state index contributed by atoms with van der Waals surface area (Å²) in [6.07, 6.45) is -2.13. The zero-order valence-electron chi connectivity index (χ0n) is 10.6. The smallest absolute Gasteiger partial charge is 0.243 e. The number of β-amino-alcohol motifs (C(OH)–C–C–N with tert-alkyl or cyclic N) is 2. The lowest BCUT2D eigenvalue weighted by atomic mass is 10.2. The predicted octanol–water partition coefficient (Wildman–Crippen LogP) is -1.24. The first-order valence-electron chi connectivity index (χ1n) is 6.01. The Morgan fingerprint density at radius 2 is 1.90 bits per heavy atom. The number of aliphatic hydroxyl groups is 3. The molecule has 0 saturated carbocycles. The maximum absolute atomic E-state index is 12.4. The third-order valence-corrected chi connectivity index (χ3v) is 4.84. The van der Waals surface area contributed by atoms with Crippen molar-refractivity contribution in [3.05, 3.63) is 29.8 Å². The molecule has 3 N–H and O–H groups in total. The number of nitrogens with zero attached hydrogens (tertiary/aromatic N) is 1. The highest BCUT2D eigenvalue weighted by Crippen LogP contribution is 2.22. The van der Waals surface area contributed by atoms with Crippen molar-refractivity contribution in [2.45, 2.75) is 17.1 Å². The first-order valence-corrected chi connectivity index (χ1v) is 7.45. The van der Waals surface area contributed by atoms with Crippen LogP contribution in [0.15, 0.2) is 29.2 Å². The standard InChI is InChI=1S/C13H15NO5S/c15-6-2-4-10-3-1-5-11(7-10)20(18,19)14-8-12(16)13(17)9-14/h1,3,5,7,12-13,15-17H,6,8-9H2. The summed E-state index contributed by atoms with van der Waals surface area (Å²) in [6, 6.07) is 6.01. The SMILES string of the molecule is O=S(=O)(c1cccc(C#CCO)c1)N1CC(O)C(O)C1. The number of hydrogen-bond acceptors (Lipinski definition) is 5. The van der Waals surface area contributed by atoms with Crippen LogP contribution in [-0.4, -0.2) is 59.9 Å². The van der Waals surface area contributed by atoms with E-state index >= 15 is 0 Å². The Morgan fingerprint density at radius 1 is 1.25 bits per heavy atom. The Balaban J connectivity index is 2.31. The molecule has 2 rings (SSSR count). The summed E-state index contributed by atoms with van der Waals surface area (Å²) >= 11 is 0. The summed E-state index contributed by atoms with van der Waals surface area (Å²) in [5.74, 6) is 5.08. The molecule has 2 unspecified atom stereocenters. The van der Waals surface area contributed by atoms with Crippen molar-refractivity contribution in [3.8, 4) is 11.8 Å². The largest absolute Gasteiger partial charge is 0.389 e. The Hall–Kier alpha value is -1.43. The van der Waals surface area contributed by atoms with E-state index < -0.39 is 22.2 Å². The first-order chi connectivity index (χ1) is 9.45. The van der Waals surface area contributed by atoms with Crippen LogP contribution in [0.5, 0.6) is 0 Å². The summed E-state index contributed by atoms with van der Waals surface area (Å²) in [6.45, 7) is -0.562. The van der Waals surface area contributed by atoms with Gasteiger partial charge in [-0.15, -0.1) is 0 Å². The molecular formula is C13H15NO5S. The van der Waals surface area contributed by atoms with E-state index in [1.165, 1.54) is 12.1 Å². The molecule has 1 saturated heterocycles. The van der Waals surface area contributed by atoms with Gasteiger partial charge in [0.15, 0.2) is 0 Å². The van der Waals surface area contributed by atoms with E-state index in [1.807, 2.05) is 0 Å². The predicted molar refractivity (Wildman–Crippen MR) is 71.2 cm³/mol. The molecule has 1 aromatic carbocycles. The van der Waals surface area contributed by atoms with E-state index in [0.29, 0.717) is 5.56 Å². The molecule has 1 aliphatic rings. The zero-order chi connectivity index (χ0) is 14.8. The Kier molecular flexibility index (Phi) is 4.42. The van der Waals surface area contributed by atoms with E-state index in [1.54, 1.807) is 12.1 Å². The normalized spacial score (nSPS) is 23.4. The van der Waals surface area contributed by atoms with Crippen LogP contribution >= 0.6 is 0 Å². The fourth-order valence-corrected chi connectivity index (χ4v) is 3.48. The van der Waals surface area contributed by atoms with E-state index in [2.05, 4.69) is 11.8 Å². The van der Waals surface area contributed by atoms with Crippen molar-refractivity contribution in [3.63, 3.8) is 0 Å². The van der Waals surface area contributed by atoms with Gasteiger partial charge in [0.05, 0.1) is 17.1 Å². The monoisotopic (exact) mass is 297 g/mol. The van der Waals surface area contributed by atoms with Gasteiger partial charge in [0.25, 0.3) is 0 Å². The van der Waals surface area contributed by atoms with Gasteiger partial charge in [0, 0.05) is 18.7 Å². The molecular weight excluding hydrogens is 282 g/mol. The molecule has 0 aliphatic carbocycles. The highest BCUT2D eigenvalue weighted by molar-refractivity contribution is 7.89. The molecule has 20 heavy (non-hydrogen) atoms. The van der Waals surface area contributed by atoms with Gasteiger partial charge in [-0.1, -0.05) is 17.9 Å². The van der Waals surface area contributed by atoms with Gasteiger partial charge >= 0.3 is 0 Å². The second-order valence-corrected chi connectivity index (χ2v) is 6.38. The van der Waals surface area contributed by atoms with Gasteiger partial charge in [-0.2, -0.15) is 4.31 Å². The minimum atomic E-state index is -3.77. The quantitative estimate of drug-likeness (QED) is 0.593. The average Bonchev–Trinajstić information content (AvgIpc) is 2.77. The minimum Gasteiger partial charge on any atom is -0.389 e. The molecule has 7 heteroatoms. The van der Waals surface area contributed by atoms with Gasteiger partial charge < -0.3 is 15.3 Å². The van der Waals surface area contributed by atoms with Crippen LogP contribution in [0.25, 0.3) is 0 Å². The first kappa shape index (κ1) is 15.0. The van der Waals surface area contributed by atoms with E-state index in [0.717, 1.165) is 4.31 Å². The molecule has 0 amide bonds. The lowest BCUT2D eigenvalue weighted by molar-refractivity contribution is 0.0572. The van der Waals surface area contributed by atoms with Gasteiger partial charge in [0.2, 0.25) is 10.0 Å². The maximum Gasteiger partial charge on any atom is 0.243 e. The van der Waals surface area contributed by atoms with Gasteiger partial charge in [-0.05, 0) is 18.2 Å². The molecule has 1 heterocycles. The number of rotatable bonds is 2. The fraction of sp³-hybridized carbons (Fsp3) is 0.385. The Labute approximate surface area is 117 Å². The second-order valence-electron chi connectivity index (χ2n) is 4.44.